The van der Waals surface area contributed by atoms with Crippen LogP contribution in [0.2, 0.25) is 0 Å². The average Bonchev–Trinajstić information content (AvgIpc) is 3.18. The molecule has 0 aromatic rings. The number of nitrogens with zero attached hydrogens (tertiary/aromatic N) is 1. The highest BCUT2D eigenvalue weighted by molar-refractivity contribution is 6.39. The quantitative estimate of drug-likeness (QED) is 0.185. The molecule has 3 fully saturated rings. The van der Waals surface area contributed by atoms with Crippen LogP contribution in [0, 0.1) is 29.6 Å². The van der Waals surface area contributed by atoms with E-state index in [0.717, 1.165) is 5.57 Å². The van der Waals surface area contributed by atoms with Crippen LogP contribution in [0.3, 0.4) is 0 Å². The molecule has 14 atom stereocenters. The van der Waals surface area contributed by atoms with Crippen LogP contribution in [0.5, 0.6) is 0 Å². The van der Waals surface area contributed by atoms with Gasteiger partial charge in [-0.05, 0) is 95.5 Å². The van der Waals surface area contributed by atoms with Gasteiger partial charge in [-0.3, -0.25) is 14.4 Å². The van der Waals surface area contributed by atoms with Crippen molar-refractivity contribution in [3.05, 3.63) is 36.0 Å². The molecule has 4 aliphatic rings. The van der Waals surface area contributed by atoms with Gasteiger partial charge in [0.25, 0.3) is 11.7 Å². The summed E-state index contributed by atoms with van der Waals surface area (Å²) in [6, 6.07) is -1.14. The molecule has 4 rings (SSSR count). The zero-order valence-electron chi connectivity index (χ0n) is 35.4. The number of Topliss-reactive ketones (excluding diaryl/α,β-unsaturated/α-hetero) is 2. The Morgan fingerprint density at radius 1 is 0.930 bits per heavy atom. The fraction of sp³-hybridized carbons (Fsp3) is 0.773. The molecule has 3 heterocycles. The number of esters is 1. The van der Waals surface area contributed by atoms with Gasteiger partial charge < -0.3 is 43.9 Å². The number of amides is 1. The van der Waals surface area contributed by atoms with Crippen molar-refractivity contribution >= 4 is 23.4 Å². The first-order valence-corrected chi connectivity index (χ1v) is 20.9. The Labute approximate surface area is 339 Å². The first-order chi connectivity index (χ1) is 27.0. The molecular weight excluding hydrogens is 734 g/mol. The van der Waals surface area contributed by atoms with Crippen LogP contribution in [0.4, 0.5) is 0 Å². The van der Waals surface area contributed by atoms with Crippen molar-refractivity contribution in [1.82, 2.24) is 4.90 Å². The van der Waals surface area contributed by atoms with E-state index >= 15 is 0 Å². The smallest absolute Gasteiger partial charge is 0.329 e. The fourth-order valence-corrected chi connectivity index (χ4v) is 9.42. The zero-order chi connectivity index (χ0) is 42.2. The zero-order valence-corrected chi connectivity index (χ0v) is 35.4. The van der Waals surface area contributed by atoms with Gasteiger partial charge >= 0.3 is 5.97 Å². The maximum atomic E-state index is 14.3. The number of methoxy groups -OCH3 is 3. The number of ketones is 2. The van der Waals surface area contributed by atoms with Crippen molar-refractivity contribution in [2.24, 2.45) is 29.6 Å². The Kier molecular flexibility index (Phi) is 17.2. The standard InChI is InChI=1S/C44H69NO12/c1-10-13-31-19-25(2)18-26(3)20-37(54-8)40-38(55-9)22-28(5)44(52,57-40)41(49)42(50)45-17-12-11-14-32(45)43(51)56-39(29(6)34(47)24-35(31)48)27(4)21-30-15-16-33(46)36(23-30)53-7/h10,19,21,26,28-34,36-40,46-47,52H,1,11-18,20,22-24H2,2-9H3/b25-19+,27-21+/t26-,28+,29?,30-,31+,32-,33+,34?,36+,37?,38-,39?,40+,44+/m0/s1. The van der Waals surface area contributed by atoms with Crippen molar-refractivity contribution < 1.29 is 58.2 Å². The van der Waals surface area contributed by atoms with Crippen molar-refractivity contribution in [3.63, 3.8) is 0 Å². The number of piperidine rings is 1. The summed E-state index contributed by atoms with van der Waals surface area (Å²) < 4.78 is 29.7. The van der Waals surface area contributed by atoms with Crippen LogP contribution in [-0.4, -0.2) is 126 Å². The lowest BCUT2D eigenvalue weighted by atomic mass is 9.81. The van der Waals surface area contributed by atoms with E-state index < -0.39 is 83.9 Å². The van der Waals surface area contributed by atoms with Gasteiger partial charge in [0.15, 0.2) is 0 Å². The number of cyclic esters (lactones) is 1. The number of ether oxygens (including phenoxy) is 5. The Bertz CT molecular complexity index is 1480. The molecule has 1 amide bonds. The van der Waals surface area contributed by atoms with E-state index in [1.54, 1.807) is 27.0 Å². The number of carbonyl (C=O) groups excluding carboxylic acids is 4. The highest BCUT2D eigenvalue weighted by Gasteiger charge is 2.56. The number of aliphatic hydroxyl groups excluding tert-OH is 2. The van der Waals surface area contributed by atoms with E-state index in [1.807, 2.05) is 32.9 Å². The molecule has 0 aromatic carbocycles. The van der Waals surface area contributed by atoms with Gasteiger partial charge in [0.05, 0.1) is 30.5 Å². The van der Waals surface area contributed by atoms with Crippen LogP contribution in [0.25, 0.3) is 0 Å². The highest BCUT2D eigenvalue weighted by Crippen LogP contribution is 2.39. The van der Waals surface area contributed by atoms with Crippen LogP contribution in [0.1, 0.15) is 105 Å². The molecule has 4 unspecified atom stereocenters. The lowest BCUT2D eigenvalue weighted by Crippen LogP contribution is -2.64. The van der Waals surface area contributed by atoms with Gasteiger partial charge in [0, 0.05) is 52.0 Å². The first-order valence-electron chi connectivity index (χ1n) is 20.9. The molecule has 57 heavy (non-hydrogen) atoms. The molecule has 13 nitrogen and oxygen atoms in total. The van der Waals surface area contributed by atoms with E-state index in [9.17, 15) is 34.5 Å². The molecule has 2 saturated heterocycles. The number of carbonyl (C=O) groups is 4. The topological polar surface area (TPSA) is 178 Å². The molecular formula is C44H69NO12. The lowest BCUT2D eigenvalue weighted by Gasteiger charge is -2.47. The van der Waals surface area contributed by atoms with E-state index in [4.69, 9.17) is 23.7 Å². The summed E-state index contributed by atoms with van der Waals surface area (Å²) in [5, 5.41) is 34.1. The van der Waals surface area contributed by atoms with Gasteiger partial charge in [0.2, 0.25) is 5.79 Å². The monoisotopic (exact) mass is 803 g/mol. The highest BCUT2D eigenvalue weighted by atomic mass is 16.7. The van der Waals surface area contributed by atoms with E-state index in [0.29, 0.717) is 56.9 Å². The molecule has 1 saturated carbocycles. The molecule has 0 spiro atoms. The molecule has 13 heteroatoms. The lowest BCUT2D eigenvalue weighted by molar-refractivity contribution is -0.302. The second kappa shape index (κ2) is 21.0. The Hall–Kier alpha value is -2.78. The minimum atomic E-state index is -2.51. The van der Waals surface area contributed by atoms with Crippen LogP contribution in [0.15, 0.2) is 36.0 Å². The van der Waals surface area contributed by atoms with Gasteiger partial charge in [-0.2, -0.15) is 0 Å². The van der Waals surface area contributed by atoms with Crippen molar-refractivity contribution in [2.75, 3.05) is 27.9 Å². The third kappa shape index (κ3) is 11.3. The van der Waals surface area contributed by atoms with Crippen LogP contribution in [-0.2, 0) is 42.9 Å². The minimum absolute atomic E-state index is 0.00988. The first kappa shape index (κ1) is 46.9. The maximum absolute atomic E-state index is 14.3. The third-order valence-corrected chi connectivity index (χ3v) is 12.9. The summed E-state index contributed by atoms with van der Waals surface area (Å²) in [4.78, 5) is 57.8. The summed E-state index contributed by atoms with van der Waals surface area (Å²) in [7, 11) is 4.61. The van der Waals surface area contributed by atoms with Crippen molar-refractivity contribution in [1.29, 1.82) is 0 Å². The molecule has 1 aliphatic carbocycles. The number of hydrogen-bond acceptors (Lipinski definition) is 12. The summed E-state index contributed by atoms with van der Waals surface area (Å²) in [6.07, 6.45) is 4.93. The van der Waals surface area contributed by atoms with Gasteiger partial charge in [-0.15, -0.1) is 6.58 Å². The number of fused-ring (bicyclic) bond motifs is 3. The minimum Gasteiger partial charge on any atom is -0.456 e. The van der Waals surface area contributed by atoms with Crippen LogP contribution >= 0.6 is 0 Å². The van der Waals surface area contributed by atoms with Gasteiger partial charge in [-0.25, -0.2) is 4.79 Å². The molecule has 0 aromatic heterocycles. The molecule has 0 radical (unpaired) electrons. The summed E-state index contributed by atoms with van der Waals surface area (Å²) in [5.74, 6) is -7.76. The van der Waals surface area contributed by atoms with Crippen LogP contribution < -0.4 is 0 Å². The fourth-order valence-electron chi connectivity index (χ4n) is 9.42. The normalized spacial score (nSPS) is 41.0. The predicted molar refractivity (Wildman–Crippen MR) is 213 cm³/mol. The molecule has 3 N–H and O–H groups in total. The Morgan fingerprint density at radius 3 is 2.25 bits per heavy atom. The average molecular weight is 804 g/mol. The van der Waals surface area contributed by atoms with Gasteiger partial charge in [-0.1, -0.05) is 44.6 Å². The van der Waals surface area contributed by atoms with Crippen molar-refractivity contribution in [3.8, 4) is 0 Å². The number of aliphatic hydroxyl groups is 3. The number of allylic oxidation sites excluding steroid dienone is 4. The summed E-state index contributed by atoms with van der Waals surface area (Å²) in [5.41, 5.74) is 1.61. The van der Waals surface area contributed by atoms with E-state index in [1.165, 1.54) is 19.1 Å². The Morgan fingerprint density at radius 2 is 1.60 bits per heavy atom. The predicted octanol–water partition coefficient (Wildman–Crippen LogP) is 4.64. The second-order valence-corrected chi connectivity index (χ2v) is 17.3. The number of rotatable bonds is 7. The Balaban J connectivity index is 1.78. The number of hydrogen-bond donors (Lipinski definition) is 3. The largest absolute Gasteiger partial charge is 0.456 e. The molecule has 322 valence electrons. The maximum Gasteiger partial charge on any atom is 0.329 e. The third-order valence-electron chi connectivity index (χ3n) is 12.9. The summed E-state index contributed by atoms with van der Waals surface area (Å²) >= 11 is 0. The van der Waals surface area contributed by atoms with E-state index in [2.05, 4.69) is 6.58 Å². The molecule has 3 aliphatic heterocycles. The van der Waals surface area contributed by atoms with Gasteiger partial charge in [0.1, 0.15) is 24.0 Å². The summed E-state index contributed by atoms with van der Waals surface area (Å²) in [6.45, 7) is 13.1. The van der Waals surface area contributed by atoms with Crippen molar-refractivity contribution in [2.45, 2.75) is 160 Å². The van der Waals surface area contributed by atoms with E-state index in [-0.39, 0.29) is 49.5 Å². The second-order valence-electron chi connectivity index (χ2n) is 17.3. The molecule has 2 bridgehead atoms. The SMILES string of the molecule is C=CC[C@@H]1/C=C(\C)C[C@H](C)CC(OC)[C@H]2O[C@@](O)(C(=O)C(=O)N3CCCC[C@H]3C(=O)OC(/C(C)=C/[C@@H]3CC[C@@H](O)[C@H](OC)C3)C(C)C(O)CC1=O)[C@H](C)C[C@@H]2OC.